The van der Waals surface area contributed by atoms with Crippen LogP contribution in [-0.2, 0) is 9.84 Å². The van der Waals surface area contributed by atoms with Gasteiger partial charge in [-0.1, -0.05) is 6.07 Å². The second-order valence-electron chi connectivity index (χ2n) is 3.50. The molecule has 1 N–H and O–H groups in total. The number of nitrogens with zero attached hydrogens (tertiary/aromatic N) is 1. The van der Waals surface area contributed by atoms with E-state index < -0.39 is 44.1 Å². The molecule has 0 fully saturated rings. The first kappa shape index (κ1) is 15.4. The van der Waals surface area contributed by atoms with Crippen LogP contribution in [0.2, 0.25) is 0 Å². The zero-order chi connectivity index (χ0) is 14.8. The largest absolute Gasteiger partial charge is 0.501 e. The zero-order valence-corrected chi connectivity index (χ0v) is 9.96. The van der Waals surface area contributed by atoms with Crippen molar-refractivity contribution in [2.24, 2.45) is 0 Å². The van der Waals surface area contributed by atoms with E-state index in [0.717, 1.165) is 6.07 Å². The number of alkyl halides is 3. The molecule has 0 bridgehead atoms. The molecular weight excluding hydrogens is 290 g/mol. The Morgan fingerprint density at radius 3 is 2.37 bits per heavy atom. The highest BCUT2D eigenvalue weighted by Gasteiger charge is 2.48. The molecule has 0 aliphatic rings. The number of hydrogen-bond donors (Lipinski definition) is 1. The van der Waals surface area contributed by atoms with E-state index in [9.17, 15) is 26.0 Å². The summed E-state index contributed by atoms with van der Waals surface area (Å²) in [6.45, 7) is -0.886. The topological polar surface area (TPSA) is 78.2 Å². The summed E-state index contributed by atoms with van der Waals surface area (Å²) >= 11 is 0. The molecule has 4 nitrogen and oxygen atoms in total. The Bertz CT molecular complexity index is 619. The van der Waals surface area contributed by atoms with Gasteiger partial charge in [-0.3, -0.25) is 0 Å². The van der Waals surface area contributed by atoms with Crippen molar-refractivity contribution in [3.05, 3.63) is 29.6 Å². The molecule has 0 aliphatic heterocycles. The van der Waals surface area contributed by atoms with Crippen molar-refractivity contribution in [3.8, 4) is 6.07 Å². The number of benzene rings is 1. The third kappa shape index (κ3) is 2.85. The Morgan fingerprint density at radius 1 is 1.37 bits per heavy atom. The molecule has 104 valence electrons. The summed E-state index contributed by atoms with van der Waals surface area (Å²) in [5, 5.41) is 17.5. The number of nitriles is 1. The molecule has 1 unspecified atom stereocenters. The molecule has 1 aromatic rings. The molecule has 0 saturated heterocycles. The summed E-state index contributed by atoms with van der Waals surface area (Å²) in [6, 6.07) is 3.07. The maximum atomic E-state index is 13.0. The van der Waals surface area contributed by atoms with Crippen molar-refractivity contribution in [1.82, 2.24) is 0 Å². The first-order valence-electron chi connectivity index (χ1n) is 4.76. The van der Waals surface area contributed by atoms with Crippen LogP contribution in [0.1, 0.15) is 11.5 Å². The summed E-state index contributed by atoms with van der Waals surface area (Å²) in [5.74, 6) is -2.69. The number of sulfone groups is 1. The van der Waals surface area contributed by atoms with Crippen LogP contribution >= 0.6 is 0 Å². The van der Waals surface area contributed by atoms with E-state index in [2.05, 4.69) is 0 Å². The van der Waals surface area contributed by atoms with Crippen molar-refractivity contribution in [3.63, 3.8) is 0 Å². The second-order valence-corrected chi connectivity index (χ2v) is 5.41. The number of halogens is 4. The molecule has 9 heteroatoms. The van der Waals surface area contributed by atoms with Gasteiger partial charge in [-0.2, -0.15) is 18.4 Å². The average Bonchev–Trinajstić information content (AvgIpc) is 2.30. The molecule has 19 heavy (non-hydrogen) atoms. The highest BCUT2D eigenvalue weighted by molar-refractivity contribution is 7.92. The summed E-state index contributed by atoms with van der Waals surface area (Å²) < 4.78 is 72.9. The fraction of sp³-hybridized carbons (Fsp3) is 0.300. The SMILES string of the molecule is N#CC(CO)c1ccc(F)cc1S(=O)(=O)C(F)(F)F. The van der Waals surface area contributed by atoms with Gasteiger partial charge < -0.3 is 5.11 Å². The maximum absolute atomic E-state index is 13.0. The van der Waals surface area contributed by atoms with Gasteiger partial charge in [-0.25, -0.2) is 12.8 Å². The van der Waals surface area contributed by atoms with E-state index in [4.69, 9.17) is 10.4 Å². The summed E-state index contributed by atoms with van der Waals surface area (Å²) in [4.78, 5) is -1.36. The minimum Gasteiger partial charge on any atom is -0.395 e. The van der Waals surface area contributed by atoms with Gasteiger partial charge in [0.15, 0.2) is 0 Å². The van der Waals surface area contributed by atoms with E-state index >= 15 is 0 Å². The molecule has 1 aromatic carbocycles. The fourth-order valence-corrected chi connectivity index (χ4v) is 2.40. The van der Waals surface area contributed by atoms with Crippen LogP contribution in [0.15, 0.2) is 23.1 Å². The van der Waals surface area contributed by atoms with Gasteiger partial charge in [-0.05, 0) is 17.7 Å². The van der Waals surface area contributed by atoms with Gasteiger partial charge in [0.25, 0.3) is 9.84 Å². The van der Waals surface area contributed by atoms with Crippen LogP contribution in [0.25, 0.3) is 0 Å². The smallest absolute Gasteiger partial charge is 0.395 e. The molecule has 0 saturated carbocycles. The molecule has 0 aliphatic carbocycles. The lowest BCUT2D eigenvalue weighted by Gasteiger charge is -2.14. The number of aliphatic hydroxyl groups is 1. The Morgan fingerprint density at radius 2 is 1.95 bits per heavy atom. The minimum absolute atomic E-state index is 0.179. The van der Waals surface area contributed by atoms with Gasteiger partial charge in [0.1, 0.15) is 5.82 Å². The Hall–Kier alpha value is -1.66. The molecular formula is C10H7F4NO3S. The van der Waals surface area contributed by atoms with Crippen molar-refractivity contribution in [2.45, 2.75) is 16.3 Å². The normalized spacial score (nSPS) is 13.9. The Balaban J connectivity index is 3.60. The predicted octanol–water partition coefficient (Wildman–Crippen LogP) is 1.72. The standard InChI is InChI=1S/C10H7F4NO3S/c11-7-1-2-8(6(4-15)5-16)9(3-7)19(17,18)10(12,13)14/h1-3,6,16H,5H2. The number of aliphatic hydroxyl groups excluding tert-OH is 1. The third-order valence-corrected chi connectivity index (χ3v) is 3.83. The van der Waals surface area contributed by atoms with Crippen LogP contribution < -0.4 is 0 Å². The minimum atomic E-state index is -5.80. The third-order valence-electron chi connectivity index (χ3n) is 2.28. The average molecular weight is 297 g/mol. The van der Waals surface area contributed by atoms with Crippen molar-refractivity contribution in [2.75, 3.05) is 6.61 Å². The van der Waals surface area contributed by atoms with E-state index in [1.165, 1.54) is 6.07 Å². The first-order chi connectivity index (χ1) is 8.65. The lowest BCUT2D eigenvalue weighted by atomic mass is 10.0. The molecule has 1 rings (SSSR count). The van der Waals surface area contributed by atoms with Crippen LogP contribution in [-0.4, -0.2) is 25.6 Å². The molecule has 0 radical (unpaired) electrons. The van der Waals surface area contributed by atoms with Gasteiger partial charge in [0.05, 0.1) is 23.5 Å². The van der Waals surface area contributed by atoms with Gasteiger partial charge in [-0.15, -0.1) is 0 Å². The molecule has 0 spiro atoms. The van der Waals surface area contributed by atoms with Crippen molar-refractivity contribution >= 4 is 9.84 Å². The van der Waals surface area contributed by atoms with E-state index in [1.54, 1.807) is 0 Å². The van der Waals surface area contributed by atoms with Crippen molar-refractivity contribution < 1.29 is 31.1 Å². The van der Waals surface area contributed by atoms with Crippen LogP contribution in [0.4, 0.5) is 17.6 Å². The van der Waals surface area contributed by atoms with Gasteiger partial charge in [0, 0.05) is 0 Å². The predicted molar refractivity (Wildman–Crippen MR) is 55.1 cm³/mol. The summed E-state index contributed by atoms with van der Waals surface area (Å²) in [5.41, 5.74) is -6.21. The number of rotatable bonds is 3. The van der Waals surface area contributed by atoms with E-state index in [0.29, 0.717) is 6.07 Å². The second kappa shape index (κ2) is 5.14. The van der Waals surface area contributed by atoms with Gasteiger partial charge in [0.2, 0.25) is 0 Å². The van der Waals surface area contributed by atoms with Gasteiger partial charge >= 0.3 is 5.51 Å². The molecule has 0 heterocycles. The lowest BCUT2D eigenvalue weighted by Crippen LogP contribution is -2.25. The van der Waals surface area contributed by atoms with Crippen LogP contribution in [0, 0.1) is 17.1 Å². The quantitative estimate of drug-likeness (QED) is 0.862. The fourth-order valence-electron chi connectivity index (χ4n) is 1.36. The van der Waals surface area contributed by atoms with Crippen molar-refractivity contribution in [1.29, 1.82) is 5.26 Å². The van der Waals surface area contributed by atoms with E-state index in [-0.39, 0.29) is 6.07 Å². The monoisotopic (exact) mass is 297 g/mol. The highest BCUT2D eigenvalue weighted by Crippen LogP contribution is 2.35. The zero-order valence-electron chi connectivity index (χ0n) is 9.15. The first-order valence-corrected chi connectivity index (χ1v) is 6.24. The van der Waals surface area contributed by atoms with E-state index in [1.807, 2.05) is 0 Å². The maximum Gasteiger partial charge on any atom is 0.501 e. The summed E-state index contributed by atoms with van der Waals surface area (Å²) in [7, 11) is -5.80. The Kier molecular flexibility index (Phi) is 4.17. The molecule has 0 amide bonds. The molecule has 1 atom stereocenters. The van der Waals surface area contributed by atoms with Crippen LogP contribution in [0.3, 0.4) is 0 Å². The van der Waals surface area contributed by atoms with Crippen LogP contribution in [0.5, 0.6) is 0 Å². The summed E-state index contributed by atoms with van der Waals surface area (Å²) in [6.07, 6.45) is 0. The highest BCUT2D eigenvalue weighted by atomic mass is 32.2. The Labute approximate surface area is 105 Å². The lowest BCUT2D eigenvalue weighted by molar-refractivity contribution is -0.0436. The number of hydrogen-bond acceptors (Lipinski definition) is 4. The molecule has 0 aromatic heterocycles.